The molecule has 0 aromatic heterocycles. The topological polar surface area (TPSA) is 67.4 Å². The minimum Gasteiger partial charge on any atom is -0.468 e. The number of para-hydroxylation sites is 1. The number of hydrogen-bond donors (Lipinski definition) is 2. The van der Waals surface area contributed by atoms with Crippen LogP contribution in [0.25, 0.3) is 0 Å². The fraction of sp³-hybridized carbons (Fsp3) is 0.529. The van der Waals surface area contributed by atoms with E-state index in [0.717, 1.165) is 11.3 Å². The average molecular weight is 302 g/mol. The second-order valence-electron chi connectivity index (χ2n) is 7.39. The Morgan fingerprint density at radius 3 is 2.73 bits per heavy atom. The van der Waals surface area contributed by atoms with E-state index in [1.807, 2.05) is 52.0 Å². The van der Waals surface area contributed by atoms with Crippen molar-refractivity contribution in [2.45, 2.75) is 51.3 Å². The van der Waals surface area contributed by atoms with E-state index in [4.69, 9.17) is 4.74 Å². The molecule has 1 saturated heterocycles. The zero-order valence-electron chi connectivity index (χ0n) is 13.4. The Balaban J connectivity index is 1.99. The first-order valence-corrected chi connectivity index (χ1v) is 7.61. The van der Waals surface area contributed by atoms with Crippen LogP contribution in [0.2, 0.25) is 0 Å². The molecule has 2 bridgehead atoms. The zero-order chi connectivity index (χ0) is 16.1. The van der Waals surface area contributed by atoms with Crippen LogP contribution in [0.4, 0.5) is 0 Å². The van der Waals surface area contributed by atoms with Gasteiger partial charge in [-0.25, -0.2) is 0 Å². The van der Waals surface area contributed by atoms with Gasteiger partial charge in [0, 0.05) is 17.9 Å². The van der Waals surface area contributed by atoms with Gasteiger partial charge in [-0.05, 0) is 39.3 Å². The number of hydrogen-bond acceptors (Lipinski definition) is 3. The van der Waals surface area contributed by atoms with E-state index in [-0.39, 0.29) is 23.3 Å². The highest BCUT2D eigenvalue weighted by atomic mass is 16.5. The highest BCUT2D eigenvalue weighted by Gasteiger charge is 2.51. The maximum absolute atomic E-state index is 12.6. The molecule has 3 atom stereocenters. The van der Waals surface area contributed by atoms with E-state index < -0.39 is 11.6 Å². The number of amides is 2. The minimum atomic E-state index is -0.741. The van der Waals surface area contributed by atoms with E-state index in [1.165, 1.54) is 0 Å². The predicted molar refractivity (Wildman–Crippen MR) is 82.4 cm³/mol. The first-order chi connectivity index (χ1) is 10.2. The van der Waals surface area contributed by atoms with Crippen molar-refractivity contribution in [2.75, 3.05) is 0 Å². The van der Waals surface area contributed by atoms with Gasteiger partial charge in [0.1, 0.15) is 11.7 Å². The lowest BCUT2D eigenvalue weighted by Crippen LogP contribution is -2.63. The lowest BCUT2D eigenvalue weighted by atomic mass is 9.74. The predicted octanol–water partition coefficient (Wildman–Crippen LogP) is 1.93. The third-order valence-electron chi connectivity index (χ3n) is 4.12. The Morgan fingerprint density at radius 1 is 1.36 bits per heavy atom. The summed E-state index contributed by atoms with van der Waals surface area (Å²) >= 11 is 0. The van der Waals surface area contributed by atoms with Gasteiger partial charge in [0.2, 0.25) is 11.8 Å². The van der Waals surface area contributed by atoms with Crippen molar-refractivity contribution in [3.63, 3.8) is 0 Å². The quantitative estimate of drug-likeness (QED) is 0.779. The zero-order valence-corrected chi connectivity index (χ0v) is 13.4. The molecule has 1 aromatic carbocycles. The second kappa shape index (κ2) is 4.73. The fourth-order valence-electron chi connectivity index (χ4n) is 3.34. The van der Waals surface area contributed by atoms with Gasteiger partial charge >= 0.3 is 0 Å². The molecule has 118 valence electrons. The molecule has 0 radical (unpaired) electrons. The highest BCUT2D eigenvalue weighted by Crippen LogP contribution is 2.46. The summed E-state index contributed by atoms with van der Waals surface area (Å²) in [4.78, 5) is 25.1. The molecule has 1 fully saturated rings. The lowest BCUT2D eigenvalue weighted by molar-refractivity contribution is -0.147. The molecule has 0 aliphatic carbocycles. The maximum Gasteiger partial charge on any atom is 0.236 e. The SMILES string of the molecule is CC(C)(C)NC(=O)[C@H]1C(=O)N[C@@]2(C)C[C@@H]1c1ccccc1O2. The summed E-state index contributed by atoms with van der Waals surface area (Å²) < 4.78 is 5.93. The summed E-state index contributed by atoms with van der Waals surface area (Å²) in [7, 11) is 0. The van der Waals surface area contributed by atoms with Gasteiger partial charge < -0.3 is 15.4 Å². The van der Waals surface area contributed by atoms with Gasteiger partial charge in [0.05, 0.1) is 0 Å². The average Bonchev–Trinajstić information content (AvgIpc) is 2.34. The van der Waals surface area contributed by atoms with Crippen LogP contribution in [-0.2, 0) is 9.59 Å². The van der Waals surface area contributed by atoms with E-state index in [9.17, 15) is 9.59 Å². The molecule has 2 aliphatic heterocycles. The molecule has 2 N–H and O–H groups in total. The molecule has 0 unspecified atom stereocenters. The van der Waals surface area contributed by atoms with Crippen molar-refractivity contribution in [3.05, 3.63) is 29.8 Å². The van der Waals surface area contributed by atoms with Crippen LogP contribution in [0.3, 0.4) is 0 Å². The van der Waals surface area contributed by atoms with Crippen molar-refractivity contribution < 1.29 is 14.3 Å². The Bertz CT molecular complexity index is 635. The minimum absolute atomic E-state index is 0.161. The maximum atomic E-state index is 12.6. The Labute approximate surface area is 130 Å². The monoisotopic (exact) mass is 302 g/mol. The third kappa shape index (κ3) is 2.56. The molecule has 2 amide bonds. The van der Waals surface area contributed by atoms with Gasteiger partial charge in [-0.15, -0.1) is 0 Å². The number of nitrogens with one attached hydrogen (secondary N) is 2. The smallest absolute Gasteiger partial charge is 0.236 e. The molecule has 2 heterocycles. The molecule has 0 saturated carbocycles. The van der Waals surface area contributed by atoms with Crippen molar-refractivity contribution in [2.24, 2.45) is 5.92 Å². The van der Waals surface area contributed by atoms with Crippen molar-refractivity contribution in [1.29, 1.82) is 0 Å². The molecule has 1 aromatic rings. The van der Waals surface area contributed by atoms with Gasteiger partial charge in [0.25, 0.3) is 0 Å². The Hall–Kier alpha value is -2.04. The fourth-order valence-corrected chi connectivity index (χ4v) is 3.34. The highest BCUT2D eigenvalue weighted by molar-refractivity contribution is 6.02. The second-order valence-corrected chi connectivity index (χ2v) is 7.39. The number of piperidine rings is 1. The number of benzene rings is 1. The number of rotatable bonds is 1. The standard InChI is InChI=1S/C17H22N2O3/c1-16(2,3)18-14(20)13-11-9-17(4,19-15(13)21)22-12-8-6-5-7-10(11)12/h5-8,11,13H,9H2,1-4H3,(H,18,20)(H,19,21)/t11-,13+,17-/m1/s1. The van der Waals surface area contributed by atoms with Gasteiger partial charge in [-0.3, -0.25) is 9.59 Å². The van der Waals surface area contributed by atoms with Crippen LogP contribution < -0.4 is 15.4 Å². The summed E-state index contributed by atoms with van der Waals surface area (Å²) in [5.41, 5.74) is -0.180. The van der Waals surface area contributed by atoms with Gasteiger partial charge in [-0.1, -0.05) is 18.2 Å². The molecule has 2 aliphatic rings. The molecular weight excluding hydrogens is 280 g/mol. The molecule has 5 heteroatoms. The number of ether oxygens (including phenoxy) is 1. The van der Waals surface area contributed by atoms with Crippen molar-refractivity contribution in [3.8, 4) is 5.75 Å². The normalized spacial score (nSPS) is 29.9. The molecule has 22 heavy (non-hydrogen) atoms. The Morgan fingerprint density at radius 2 is 2.05 bits per heavy atom. The van der Waals surface area contributed by atoms with Gasteiger partial charge in [-0.2, -0.15) is 0 Å². The van der Waals surface area contributed by atoms with Crippen LogP contribution in [0, 0.1) is 5.92 Å². The summed E-state index contributed by atoms with van der Waals surface area (Å²) in [6.07, 6.45) is 0.595. The van der Waals surface area contributed by atoms with E-state index in [1.54, 1.807) is 0 Å². The molecular formula is C17H22N2O3. The van der Waals surface area contributed by atoms with Crippen LogP contribution >= 0.6 is 0 Å². The summed E-state index contributed by atoms with van der Waals surface area (Å²) in [6.45, 7) is 7.58. The third-order valence-corrected chi connectivity index (χ3v) is 4.12. The van der Waals surface area contributed by atoms with Crippen LogP contribution in [0.1, 0.15) is 45.6 Å². The first-order valence-electron chi connectivity index (χ1n) is 7.61. The lowest BCUT2D eigenvalue weighted by Gasteiger charge is -2.47. The van der Waals surface area contributed by atoms with E-state index in [0.29, 0.717) is 6.42 Å². The first kappa shape index (κ1) is 14.9. The van der Waals surface area contributed by atoms with E-state index >= 15 is 0 Å². The largest absolute Gasteiger partial charge is 0.468 e. The molecule has 3 rings (SSSR count). The summed E-state index contributed by atoms with van der Waals surface area (Å²) in [6, 6.07) is 7.64. The van der Waals surface area contributed by atoms with Crippen LogP contribution in [-0.4, -0.2) is 23.1 Å². The van der Waals surface area contributed by atoms with E-state index in [2.05, 4.69) is 10.6 Å². The van der Waals surface area contributed by atoms with Crippen LogP contribution in [0.5, 0.6) is 5.75 Å². The van der Waals surface area contributed by atoms with Crippen LogP contribution in [0.15, 0.2) is 24.3 Å². The molecule has 5 nitrogen and oxygen atoms in total. The van der Waals surface area contributed by atoms with Crippen molar-refractivity contribution in [1.82, 2.24) is 10.6 Å². The number of carbonyl (C=O) groups excluding carboxylic acids is 2. The number of carbonyl (C=O) groups is 2. The molecule has 0 spiro atoms. The summed E-state index contributed by atoms with van der Waals surface area (Å²) in [5, 5.41) is 5.78. The Kier molecular flexibility index (Phi) is 3.20. The van der Waals surface area contributed by atoms with Gasteiger partial charge in [0.15, 0.2) is 5.72 Å². The number of fused-ring (bicyclic) bond motifs is 4. The van der Waals surface area contributed by atoms with Crippen molar-refractivity contribution >= 4 is 11.8 Å². The summed E-state index contributed by atoms with van der Waals surface area (Å²) in [5.74, 6) is -0.637.